The summed E-state index contributed by atoms with van der Waals surface area (Å²) in [6.07, 6.45) is 1.71. The molecule has 0 unspecified atom stereocenters. The highest BCUT2D eigenvalue weighted by atomic mass is 16.7. The van der Waals surface area contributed by atoms with E-state index in [9.17, 15) is 9.59 Å². The summed E-state index contributed by atoms with van der Waals surface area (Å²) in [5.74, 6) is 1.26. The van der Waals surface area contributed by atoms with Crippen LogP contribution in [0, 0.1) is 0 Å². The number of aromatic nitrogens is 1. The number of carbonyl (C=O) groups is 2. The van der Waals surface area contributed by atoms with Crippen LogP contribution in [-0.4, -0.2) is 59.3 Å². The minimum atomic E-state index is -1.39. The number of piperazine rings is 1. The van der Waals surface area contributed by atoms with E-state index in [1.807, 2.05) is 54.6 Å². The van der Waals surface area contributed by atoms with Gasteiger partial charge in [-0.3, -0.25) is 24.4 Å². The van der Waals surface area contributed by atoms with Gasteiger partial charge in [0.25, 0.3) is 0 Å². The predicted molar refractivity (Wildman–Crippen MR) is 138 cm³/mol. The highest BCUT2D eigenvalue weighted by Crippen LogP contribution is 2.45. The molecular weight excluding hydrogens is 466 g/mol. The Morgan fingerprint density at radius 1 is 0.784 bits per heavy atom. The van der Waals surface area contributed by atoms with Crippen molar-refractivity contribution in [2.45, 2.75) is 12.1 Å². The summed E-state index contributed by atoms with van der Waals surface area (Å²) in [7, 11) is 0. The van der Waals surface area contributed by atoms with Crippen molar-refractivity contribution < 1.29 is 19.1 Å². The highest BCUT2D eigenvalue weighted by molar-refractivity contribution is 6.33. The molecule has 0 N–H and O–H groups in total. The molecule has 0 amide bonds. The highest BCUT2D eigenvalue weighted by Gasteiger charge is 2.58. The van der Waals surface area contributed by atoms with E-state index in [1.54, 1.807) is 18.3 Å². The number of para-hydroxylation sites is 1. The van der Waals surface area contributed by atoms with Gasteiger partial charge in [0.2, 0.25) is 6.79 Å². The topological polar surface area (TPSA) is 72.0 Å². The number of ketones is 2. The van der Waals surface area contributed by atoms with Gasteiger partial charge in [0.05, 0.1) is 5.52 Å². The molecule has 37 heavy (non-hydrogen) atoms. The second kappa shape index (κ2) is 8.50. The number of nitrogens with zero attached hydrogens (tertiary/aromatic N) is 3. The molecule has 7 nitrogen and oxygen atoms in total. The number of Topliss-reactive ketones (excluding diaryl/α,β-unsaturated/α-hetero) is 2. The quantitative estimate of drug-likeness (QED) is 0.399. The minimum absolute atomic E-state index is 0.145. The van der Waals surface area contributed by atoms with Crippen molar-refractivity contribution in [2.24, 2.45) is 0 Å². The lowest BCUT2D eigenvalue weighted by Crippen LogP contribution is -2.60. The van der Waals surface area contributed by atoms with Crippen LogP contribution in [0.4, 0.5) is 0 Å². The number of ether oxygens (including phenoxy) is 2. The fourth-order valence-electron chi connectivity index (χ4n) is 6.02. The summed E-state index contributed by atoms with van der Waals surface area (Å²) in [6.45, 7) is 3.66. The van der Waals surface area contributed by atoms with Crippen molar-refractivity contribution in [1.29, 1.82) is 0 Å². The van der Waals surface area contributed by atoms with Gasteiger partial charge in [0, 0.05) is 55.4 Å². The predicted octanol–water partition coefficient (Wildman–Crippen LogP) is 4.06. The van der Waals surface area contributed by atoms with Gasteiger partial charge in [-0.05, 0) is 35.4 Å². The number of carbonyl (C=O) groups excluding carboxylic acids is 2. The molecule has 1 aromatic heterocycles. The Labute approximate surface area is 214 Å². The average Bonchev–Trinajstić information content (AvgIpc) is 3.50. The molecule has 0 bridgehead atoms. The molecule has 184 valence electrons. The summed E-state index contributed by atoms with van der Waals surface area (Å²) in [5, 5.41) is 0.835. The monoisotopic (exact) mass is 491 g/mol. The van der Waals surface area contributed by atoms with Crippen molar-refractivity contribution in [1.82, 2.24) is 14.8 Å². The van der Waals surface area contributed by atoms with Gasteiger partial charge in [-0.25, -0.2) is 0 Å². The van der Waals surface area contributed by atoms with E-state index in [-0.39, 0.29) is 18.4 Å². The minimum Gasteiger partial charge on any atom is -0.454 e. The van der Waals surface area contributed by atoms with Gasteiger partial charge in [0.1, 0.15) is 0 Å². The maximum absolute atomic E-state index is 14.2. The van der Waals surface area contributed by atoms with E-state index in [4.69, 9.17) is 9.47 Å². The molecule has 1 fully saturated rings. The molecule has 0 saturated carbocycles. The van der Waals surface area contributed by atoms with Crippen LogP contribution in [0.25, 0.3) is 10.9 Å². The number of fused-ring (bicyclic) bond motifs is 3. The lowest BCUT2D eigenvalue weighted by atomic mass is 9.80. The maximum atomic E-state index is 14.2. The van der Waals surface area contributed by atoms with Crippen LogP contribution in [-0.2, 0) is 12.1 Å². The normalized spacial score (nSPS) is 18.9. The lowest BCUT2D eigenvalue weighted by molar-refractivity contribution is 0.0283. The first-order chi connectivity index (χ1) is 18.2. The lowest BCUT2D eigenvalue weighted by Gasteiger charge is -2.44. The summed E-state index contributed by atoms with van der Waals surface area (Å²) in [4.78, 5) is 37.4. The molecule has 1 aliphatic carbocycles. The largest absolute Gasteiger partial charge is 0.454 e. The van der Waals surface area contributed by atoms with Gasteiger partial charge in [-0.1, -0.05) is 48.5 Å². The molecule has 3 heterocycles. The Bertz CT molecular complexity index is 1520. The van der Waals surface area contributed by atoms with E-state index < -0.39 is 5.54 Å². The van der Waals surface area contributed by atoms with E-state index in [2.05, 4.69) is 20.9 Å². The smallest absolute Gasteiger partial charge is 0.231 e. The van der Waals surface area contributed by atoms with Crippen molar-refractivity contribution in [3.05, 3.63) is 101 Å². The Balaban J connectivity index is 1.24. The summed E-state index contributed by atoms with van der Waals surface area (Å²) in [5.41, 5.74) is 2.24. The average molecular weight is 492 g/mol. The van der Waals surface area contributed by atoms with Gasteiger partial charge in [-0.15, -0.1) is 0 Å². The summed E-state index contributed by atoms with van der Waals surface area (Å²) < 4.78 is 11.0. The van der Waals surface area contributed by atoms with Crippen molar-refractivity contribution in [2.75, 3.05) is 33.0 Å². The summed E-state index contributed by atoms with van der Waals surface area (Å²) in [6, 6.07) is 22.8. The zero-order valence-corrected chi connectivity index (χ0v) is 20.2. The van der Waals surface area contributed by atoms with Gasteiger partial charge < -0.3 is 9.47 Å². The van der Waals surface area contributed by atoms with E-state index >= 15 is 0 Å². The SMILES string of the molecule is O=C1c2ccccc2C(=O)C1(c1ccnc2ccccc12)N1CCN(Cc2ccc3c(c2)OCO3)CC1. The molecule has 4 aromatic rings. The van der Waals surface area contributed by atoms with E-state index in [0.29, 0.717) is 29.8 Å². The molecule has 3 aliphatic rings. The second-order valence-corrected chi connectivity index (χ2v) is 9.74. The van der Waals surface area contributed by atoms with E-state index in [0.717, 1.165) is 47.6 Å². The molecular formula is C30H25N3O4. The third kappa shape index (κ3) is 3.31. The number of pyridine rings is 1. The first-order valence-electron chi connectivity index (χ1n) is 12.5. The van der Waals surface area contributed by atoms with Gasteiger partial charge >= 0.3 is 0 Å². The van der Waals surface area contributed by atoms with E-state index in [1.165, 1.54) is 0 Å². The van der Waals surface area contributed by atoms with Crippen LogP contribution >= 0.6 is 0 Å². The summed E-state index contributed by atoms with van der Waals surface area (Å²) >= 11 is 0. The van der Waals surface area contributed by atoms with Crippen molar-refractivity contribution in [3.63, 3.8) is 0 Å². The fraction of sp³-hybridized carbons (Fsp3) is 0.233. The third-order valence-corrected chi connectivity index (χ3v) is 7.80. The van der Waals surface area contributed by atoms with Crippen molar-refractivity contribution >= 4 is 22.5 Å². The Hall–Kier alpha value is -4.07. The molecule has 7 rings (SSSR count). The molecule has 7 heteroatoms. The molecule has 1 saturated heterocycles. The molecule has 0 radical (unpaired) electrons. The van der Waals surface area contributed by atoms with Gasteiger partial charge in [-0.2, -0.15) is 0 Å². The maximum Gasteiger partial charge on any atom is 0.231 e. The van der Waals surface area contributed by atoms with Crippen LogP contribution < -0.4 is 9.47 Å². The van der Waals surface area contributed by atoms with Crippen LogP contribution in [0.1, 0.15) is 31.8 Å². The molecule has 0 atom stereocenters. The number of rotatable bonds is 4. The Kier molecular flexibility index (Phi) is 5.09. The van der Waals surface area contributed by atoms with Crippen LogP contribution in [0.15, 0.2) is 79.0 Å². The first-order valence-corrected chi connectivity index (χ1v) is 12.5. The van der Waals surface area contributed by atoms with Crippen LogP contribution in [0.5, 0.6) is 11.5 Å². The molecule has 2 aliphatic heterocycles. The van der Waals surface area contributed by atoms with Crippen LogP contribution in [0.2, 0.25) is 0 Å². The zero-order valence-electron chi connectivity index (χ0n) is 20.2. The van der Waals surface area contributed by atoms with Gasteiger partial charge in [0.15, 0.2) is 28.6 Å². The zero-order chi connectivity index (χ0) is 25.0. The fourth-order valence-corrected chi connectivity index (χ4v) is 6.02. The number of hydrogen-bond acceptors (Lipinski definition) is 7. The molecule has 0 spiro atoms. The Morgan fingerprint density at radius 3 is 2.27 bits per heavy atom. The van der Waals surface area contributed by atoms with Crippen molar-refractivity contribution in [3.8, 4) is 11.5 Å². The standard InChI is InChI=1S/C30H25N3O4/c34-28-21-5-1-2-6-22(21)29(35)30(28,24-11-12-31-25-8-4-3-7-23(24)25)33-15-13-32(14-16-33)18-20-9-10-26-27(17-20)37-19-36-26/h1-12,17H,13-16,18-19H2. The number of benzene rings is 3. The number of hydrogen-bond donors (Lipinski definition) is 0. The molecule has 3 aromatic carbocycles. The van der Waals surface area contributed by atoms with Crippen LogP contribution in [0.3, 0.4) is 0 Å². The second-order valence-electron chi connectivity index (χ2n) is 9.74. The Morgan fingerprint density at radius 2 is 1.49 bits per heavy atom. The first kappa shape index (κ1) is 22.2. The third-order valence-electron chi connectivity index (χ3n) is 7.80.